The Morgan fingerprint density at radius 3 is 2.56 bits per heavy atom. The van der Waals surface area contributed by atoms with E-state index in [2.05, 4.69) is 33.4 Å². The number of hydrogen-bond acceptors (Lipinski definition) is 7. The monoisotopic (exact) mass is 686 g/mol. The zero-order valence-corrected chi connectivity index (χ0v) is 24.8. The van der Waals surface area contributed by atoms with Gasteiger partial charge < -0.3 is 18.4 Å². The van der Waals surface area contributed by atoms with Gasteiger partial charge in [0.2, 0.25) is 0 Å². The lowest BCUT2D eigenvalue weighted by Crippen LogP contribution is -2.50. The van der Waals surface area contributed by atoms with E-state index in [1.807, 2.05) is 25.1 Å². The van der Waals surface area contributed by atoms with E-state index in [1.165, 1.54) is 0 Å². The molecule has 12 heteroatoms. The summed E-state index contributed by atoms with van der Waals surface area (Å²) >= 11 is 2.25. The highest BCUT2D eigenvalue weighted by atomic mass is 127. The number of halogens is 4. The predicted molar refractivity (Wildman–Crippen MR) is 148 cm³/mol. The Morgan fingerprint density at radius 2 is 1.95 bits per heavy atom. The van der Waals surface area contributed by atoms with Gasteiger partial charge in [0.15, 0.2) is 0 Å². The standard InChI is InChI=1S/C27H34F3IO7S/c1-4-21(36-25(32)20-9-6-5-7-10-20)11-8-12-23-16-26(17-31)24(35-23)14-13-22(37-26)15-18(2)19(3)38-39(33,34)27(28,29)30/h5-11,18,21-24H,3-4,12-17H2,1-2H3/t18-,21?,22-,23+,24+,26-/m1/s1. The fraction of sp³-hybridized carbons (Fsp3) is 0.593. The van der Waals surface area contributed by atoms with Gasteiger partial charge in [-0.15, -0.1) is 0 Å². The molecule has 0 saturated carbocycles. The smallest absolute Gasteiger partial charge is 0.455 e. The molecule has 0 spiro atoms. The third-order valence-corrected chi connectivity index (χ3v) is 9.27. The minimum absolute atomic E-state index is 0.102. The van der Waals surface area contributed by atoms with Crippen molar-refractivity contribution in [2.75, 3.05) is 4.43 Å². The molecule has 0 bridgehead atoms. The summed E-state index contributed by atoms with van der Waals surface area (Å²) in [5, 5.41) is 0. The fourth-order valence-electron chi connectivity index (χ4n) is 4.80. The van der Waals surface area contributed by atoms with Crippen molar-refractivity contribution in [1.29, 1.82) is 0 Å². The Kier molecular flexibility index (Phi) is 10.9. The lowest BCUT2D eigenvalue weighted by Gasteiger charge is -2.41. The quantitative estimate of drug-likeness (QED) is 0.0473. The molecular formula is C27H34F3IO7S. The van der Waals surface area contributed by atoms with E-state index in [1.54, 1.807) is 31.2 Å². The number of esters is 1. The first kappa shape index (κ1) is 31.9. The lowest BCUT2D eigenvalue weighted by atomic mass is 9.86. The molecule has 0 aromatic heterocycles. The Bertz CT molecular complexity index is 1130. The van der Waals surface area contributed by atoms with Crippen LogP contribution in [0.5, 0.6) is 0 Å². The van der Waals surface area contributed by atoms with Gasteiger partial charge in [-0.1, -0.05) is 67.3 Å². The van der Waals surface area contributed by atoms with Crippen molar-refractivity contribution in [2.45, 2.75) is 87.9 Å². The van der Waals surface area contributed by atoms with Gasteiger partial charge in [0.25, 0.3) is 0 Å². The molecule has 6 atom stereocenters. The van der Waals surface area contributed by atoms with Gasteiger partial charge in [-0.2, -0.15) is 21.6 Å². The number of rotatable bonds is 12. The Balaban J connectivity index is 1.53. The van der Waals surface area contributed by atoms with Crippen LogP contribution in [0.2, 0.25) is 0 Å². The second-order valence-electron chi connectivity index (χ2n) is 9.93. The predicted octanol–water partition coefficient (Wildman–Crippen LogP) is 6.48. The molecule has 1 unspecified atom stereocenters. The van der Waals surface area contributed by atoms with Crippen LogP contribution in [0.1, 0.15) is 62.7 Å². The van der Waals surface area contributed by atoms with Crippen LogP contribution >= 0.6 is 22.6 Å². The molecule has 3 rings (SSSR count). The molecule has 1 aromatic rings. The van der Waals surface area contributed by atoms with Crippen molar-refractivity contribution in [3.63, 3.8) is 0 Å². The minimum atomic E-state index is -5.75. The molecule has 0 radical (unpaired) electrons. The van der Waals surface area contributed by atoms with Crippen LogP contribution in [0.4, 0.5) is 13.2 Å². The summed E-state index contributed by atoms with van der Waals surface area (Å²) in [6.07, 6.45) is 6.40. The number of hydrogen-bond donors (Lipinski definition) is 0. The van der Waals surface area contributed by atoms with E-state index in [9.17, 15) is 26.4 Å². The van der Waals surface area contributed by atoms with Crippen molar-refractivity contribution < 1.29 is 44.8 Å². The van der Waals surface area contributed by atoms with E-state index in [0.717, 1.165) is 0 Å². The zero-order valence-electron chi connectivity index (χ0n) is 21.9. The number of allylic oxidation sites excluding steroid dienone is 1. The summed E-state index contributed by atoms with van der Waals surface area (Å²) < 4.78 is 83.8. The summed E-state index contributed by atoms with van der Waals surface area (Å²) in [4.78, 5) is 12.4. The van der Waals surface area contributed by atoms with Gasteiger partial charge in [-0.05, 0) is 50.3 Å². The molecule has 39 heavy (non-hydrogen) atoms. The maximum atomic E-state index is 12.7. The number of fused-ring (bicyclic) bond motifs is 1. The van der Waals surface area contributed by atoms with Crippen molar-refractivity contribution in [3.8, 4) is 0 Å². The molecule has 218 valence electrons. The summed E-state index contributed by atoms with van der Waals surface area (Å²) in [7, 11) is -5.75. The number of alkyl halides is 4. The molecule has 0 amide bonds. The van der Waals surface area contributed by atoms with E-state index in [0.29, 0.717) is 42.1 Å². The van der Waals surface area contributed by atoms with Gasteiger partial charge in [-0.25, -0.2) is 4.79 Å². The highest BCUT2D eigenvalue weighted by molar-refractivity contribution is 14.1. The summed E-state index contributed by atoms with van der Waals surface area (Å²) in [5.41, 5.74) is -5.57. The first-order chi connectivity index (χ1) is 18.3. The van der Waals surface area contributed by atoms with Crippen LogP contribution < -0.4 is 0 Å². The van der Waals surface area contributed by atoms with Crippen LogP contribution in [-0.4, -0.2) is 54.3 Å². The molecule has 0 N–H and O–H groups in total. The van der Waals surface area contributed by atoms with Crippen molar-refractivity contribution in [2.24, 2.45) is 5.92 Å². The number of carbonyl (C=O) groups is 1. The minimum Gasteiger partial charge on any atom is -0.455 e. The van der Waals surface area contributed by atoms with Crippen LogP contribution in [0.25, 0.3) is 0 Å². The first-order valence-electron chi connectivity index (χ1n) is 12.8. The number of benzene rings is 1. The topological polar surface area (TPSA) is 88.1 Å². The molecule has 2 fully saturated rings. The van der Waals surface area contributed by atoms with Crippen LogP contribution in [0, 0.1) is 5.92 Å². The maximum absolute atomic E-state index is 12.7. The second kappa shape index (κ2) is 13.3. The molecule has 1 aromatic carbocycles. The Labute approximate surface area is 241 Å². The molecule has 2 aliphatic heterocycles. The third kappa shape index (κ3) is 8.20. The largest absolute Gasteiger partial charge is 0.534 e. The van der Waals surface area contributed by atoms with Crippen LogP contribution in [0.15, 0.2) is 54.8 Å². The SMILES string of the molecule is C=C(OS(=O)(=O)C(F)(F)F)[C@H](C)C[C@H]1CC[C@@H]2O[C@@H](CC=CC(CC)OC(=O)c3ccccc3)C[C@]2(CI)O1. The van der Waals surface area contributed by atoms with E-state index in [-0.39, 0.29) is 36.8 Å². The summed E-state index contributed by atoms with van der Waals surface area (Å²) in [6, 6.07) is 8.81. The molecule has 2 aliphatic rings. The van der Waals surface area contributed by atoms with E-state index in [4.69, 9.17) is 14.2 Å². The average molecular weight is 687 g/mol. The third-order valence-electron chi connectivity index (χ3n) is 6.98. The van der Waals surface area contributed by atoms with E-state index < -0.39 is 32.9 Å². The maximum Gasteiger partial charge on any atom is 0.534 e. The van der Waals surface area contributed by atoms with Crippen molar-refractivity contribution in [3.05, 3.63) is 60.4 Å². The molecular weight excluding hydrogens is 652 g/mol. The summed E-state index contributed by atoms with van der Waals surface area (Å²) in [5.74, 6) is -1.51. The van der Waals surface area contributed by atoms with Crippen LogP contribution in [0.3, 0.4) is 0 Å². The summed E-state index contributed by atoms with van der Waals surface area (Å²) in [6.45, 7) is 6.90. The molecule has 2 saturated heterocycles. The second-order valence-corrected chi connectivity index (χ2v) is 12.2. The van der Waals surface area contributed by atoms with Crippen LogP contribution in [-0.2, 0) is 28.5 Å². The number of carbonyl (C=O) groups excluding carboxylic acids is 1. The van der Waals surface area contributed by atoms with E-state index >= 15 is 0 Å². The van der Waals surface area contributed by atoms with Crippen molar-refractivity contribution >= 4 is 38.7 Å². The van der Waals surface area contributed by atoms with Gasteiger partial charge >= 0.3 is 21.6 Å². The highest BCUT2D eigenvalue weighted by Gasteiger charge is 2.52. The van der Waals surface area contributed by atoms with Crippen molar-refractivity contribution in [1.82, 2.24) is 0 Å². The fourth-order valence-corrected chi connectivity index (χ4v) is 6.32. The van der Waals surface area contributed by atoms with Gasteiger partial charge in [0.05, 0.1) is 23.9 Å². The zero-order chi connectivity index (χ0) is 28.8. The number of ether oxygens (including phenoxy) is 3. The first-order valence-corrected chi connectivity index (χ1v) is 15.7. The Morgan fingerprint density at radius 1 is 1.26 bits per heavy atom. The van der Waals surface area contributed by atoms with Gasteiger partial charge in [0, 0.05) is 16.8 Å². The molecule has 0 aliphatic carbocycles. The average Bonchev–Trinajstić information content (AvgIpc) is 3.25. The molecule has 7 nitrogen and oxygen atoms in total. The molecule has 2 heterocycles. The lowest BCUT2D eigenvalue weighted by molar-refractivity contribution is -0.155. The highest BCUT2D eigenvalue weighted by Crippen LogP contribution is 2.45. The van der Waals surface area contributed by atoms with Gasteiger partial charge in [-0.3, -0.25) is 0 Å². The Hall–Kier alpha value is -1.64. The normalized spacial score (nSPS) is 27.1. The van der Waals surface area contributed by atoms with Gasteiger partial charge in [0.1, 0.15) is 17.5 Å².